The van der Waals surface area contributed by atoms with Crippen LogP contribution in [0.15, 0.2) is 23.1 Å². The minimum Gasteiger partial charge on any atom is -0.383 e. The van der Waals surface area contributed by atoms with Crippen LogP contribution in [0.2, 0.25) is 0 Å². The maximum atomic E-state index is 9.33. The van der Waals surface area contributed by atoms with E-state index in [9.17, 15) is 5.26 Å². The normalized spacial score (nSPS) is 17.7. The summed E-state index contributed by atoms with van der Waals surface area (Å²) in [5, 5.41) is 12.8. The summed E-state index contributed by atoms with van der Waals surface area (Å²) in [6.07, 6.45) is 8.67. The van der Waals surface area contributed by atoms with Gasteiger partial charge in [0.15, 0.2) is 0 Å². The second-order valence-corrected chi connectivity index (χ2v) is 6.57. The average molecular weight is 274 g/mol. The van der Waals surface area contributed by atoms with E-state index in [4.69, 9.17) is 0 Å². The number of nitrogens with one attached hydrogen (secondary N) is 1. The van der Waals surface area contributed by atoms with Crippen LogP contribution in [0.25, 0.3) is 0 Å². The van der Waals surface area contributed by atoms with Crippen molar-refractivity contribution < 1.29 is 0 Å². The molecule has 3 heteroatoms. The molecule has 0 aliphatic heterocycles. The van der Waals surface area contributed by atoms with Crippen molar-refractivity contribution in [3.63, 3.8) is 0 Å². The van der Waals surface area contributed by atoms with Crippen molar-refractivity contribution in [2.75, 3.05) is 18.1 Å². The Hall–Kier alpha value is -1.14. The summed E-state index contributed by atoms with van der Waals surface area (Å²) in [5.41, 5.74) is 2.16. The first kappa shape index (κ1) is 14.3. The topological polar surface area (TPSA) is 35.8 Å². The third kappa shape index (κ3) is 3.45. The zero-order chi connectivity index (χ0) is 13.7. The molecule has 2 nitrogen and oxygen atoms in total. The van der Waals surface area contributed by atoms with E-state index in [1.165, 1.54) is 32.1 Å². The van der Waals surface area contributed by atoms with E-state index in [0.717, 1.165) is 22.7 Å². The first-order valence-corrected chi connectivity index (χ1v) is 8.22. The summed E-state index contributed by atoms with van der Waals surface area (Å²) in [6.45, 7) is 3.34. The van der Waals surface area contributed by atoms with Gasteiger partial charge in [0, 0.05) is 11.4 Å². The molecule has 1 aromatic rings. The van der Waals surface area contributed by atoms with Gasteiger partial charge in [-0.1, -0.05) is 32.3 Å². The van der Waals surface area contributed by atoms with Gasteiger partial charge in [-0.15, -0.1) is 11.8 Å². The highest BCUT2D eigenvalue weighted by Crippen LogP contribution is 2.36. The molecule has 1 fully saturated rings. The quantitative estimate of drug-likeness (QED) is 0.811. The minimum absolute atomic E-state index is 0.389. The monoisotopic (exact) mass is 274 g/mol. The lowest BCUT2D eigenvalue weighted by Crippen LogP contribution is -2.29. The predicted octanol–water partition coefficient (Wildman–Crippen LogP) is 4.66. The molecule has 0 radical (unpaired) electrons. The van der Waals surface area contributed by atoms with Crippen molar-refractivity contribution in [1.29, 1.82) is 5.26 Å². The zero-order valence-corrected chi connectivity index (χ0v) is 12.6. The molecule has 102 valence electrons. The number of nitrogens with zero attached hydrogens (tertiary/aromatic N) is 1. The van der Waals surface area contributed by atoms with E-state index in [2.05, 4.69) is 18.3 Å². The Balaban J connectivity index is 2.09. The summed E-state index contributed by atoms with van der Waals surface area (Å²) in [5.74, 6) is 0. The van der Waals surface area contributed by atoms with Crippen LogP contribution < -0.4 is 5.32 Å². The summed E-state index contributed by atoms with van der Waals surface area (Å²) in [4.78, 5) is 1.06. The van der Waals surface area contributed by atoms with Crippen molar-refractivity contribution in [2.45, 2.75) is 43.9 Å². The zero-order valence-electron chi connectivity index (χ0n) is 11.8. The first-order valence-electron chi connectivity index (χ1n) is 6.99. The van der Waals surface area contributed by atoms with Gasteiger partial charge in [-0.2, -0.15) is 5.26 Å². The fourth-order valence-electron chi connectivity index (χ4n) is 2.85. The van der Waals surface area contributed by atoms with E-state index in [-0.39, 0.29) is 0 Å². The highest BCUT2D eigenvalue weighted by molar-refractivity contribution is 7.98. The van der Waals surface area contributed by atoms with Gasteiger partial charge in [0.1, 0.15) is 6.07 Å². The first-order chi connectivity index (χ1) is 9.18. The number of hydrogen-bond donors (Lipinski definition) is 1. The van der Waals surface area contributed by atoms with Crippen LogP contribution in [0.3, 0.4) is 0 Å². The second-order valence-electron chi connectivity index (χ2n) is 5.72. The Kier molecular flexibility index (Phi) is 4.76. The van der Waals surface area contributed by atoms with E-state index in [1.54, 1.807) is 11.8 Å². The Morgan fingerprint density at radius 1 is 1.32 bits per heavy atom. The summed E-state index contributed by atoms with van der Waals surface area (Å²) >= 11 is 1.63. The van der Waals surface area contributed by atoms with Crippen molar-refractivity contribution in [1.82, 2.24) is 0 Å². The Bertz CT molecular complexity index is 470. The number of rotatable bonds is 4. The van der Waals surface area contributed by atoms with Crippen LogP contribution in [0, 0.1) is 16.7 Å². The second kappa shape index (κ2) is 6.34. The van der Waals surface area contributed by atoms with Gasteiger partial charge in [-0.05, 0) is 36.6 Å². The van der Waals surface area contributed by atoms with E-state index in [1.807, 2.05) is 24.5 Å². The van der Waals surface area contributed by atoms with Gasteiger partial charge in [0.25, 0.3) is 0 Å². The van der Waals surface area contributed by atoms with Gasteiger partial charge in [0.05, 0.1) is 11.3 Å². The number of benzene rings is 1. The molecule has 0 spiro atoms. The molecular formula is C16H22N2S. The molecule has 0 unspecified atom stereocenters. The molecule has 0 bridgehead atoms. The molecule has 1 aliphatic rings. The van der Waals surface area contributed by atoms with Gasteiger partial charge >= 0.3 is 0 Å². The minimum atomic E-state index is 0.389. The largest absolute Gasteiger partial charge is 0.383 e. The summed E-state index contributed by atoms with van der Waals surface area (Å²) < 4.78 is 0. The number of thioether (sulfide) groups is 1. The van der Waals surface area contributed by atoms with E-state index < -0.39 is 0 Å². The van der Waals surface area contributed by atoms with E-state index in [0.29, 0.717) is 5.41 Å². The van der Waals surface area contributed by atoms with Crippen LogP contribution in [-0.4, -0.2) is 12.8 Å². The highest BCUT2D eigenvalue weighted by atomic mass is 32.2. The van der Waals surface area contributed by atoms with Gasteiger partial charge < -0.3 is 5.32 Å². The molecule has 0 atom stereocenters. The van der Waals surface area contributed by atoms with Gasteiger partial charge in [-0.25, -0.2) is 0 Å². The number of hydrogen-bond acceptors (Lipinski definition) is 3. The highest BCUT2D eigenvalue weighted by Gasteiger charge is 2.26. The van der Waals surface area contributed by atoms with Crippen LogP contribution in [-0.2, 0) is 0 Å². The standard InChI is InChI=1S/C16H22N2S/c1-16(9-4-3-5-10-16)12-18-14-7-6-8-15(19-2)13(14)11-17/h6-8,18H,3-5,9-10,12H2,1-2H3. The predicted molar refractivity (Wildman–Crippen MR) is 82.6 cm³/mol. The number of anilines is 1. The van der Waals surface area contributed by atoms with Crippen LogP contribution in [0.4, 0.5) is 5.69 Å². The van der Waals surface area contributed by atoms with Crippen LogP contribution >= 0.6 is 11.8 Å². The maximum absolute atomic E-state index is 9.33. The molecule has 0 saturated heterocycles. The van der Waals surface area contributed by atoms with Crippen molar-refractivity contribution in [3.05, 3.63) is 23.8 Å². The maximum Gasteiger partial charge on any atom is 0.102 e. The van der Waals surface area contributed by atoms with Crippen molar-refractivity contribution in [3.8, 4) is 6.07 Å². The smallest absolute Gasteiger partial charge is 0.102 e. The lowest BCUT2D eigenvalue weighted by atomic mass is 9.75. The number of nitriles is 1. The lowest BCUT2D eigenvalue weighted by Gasteiger charge is -2.34. The lowest BCUT2D eigenvalue weighted by molar-refractivity contribution is 0.233. The molecule has 0 aromatic heterocycles. The molecule has 2 rings (SSSR count). The Morgan fingerprint density at radius 2 is 2.05 bits per heavy atom. The SMILES string of the molecule is CSc1cccc(NCC2(C)CCCCC2)c1C#N. The molecule has 1 saturated carbocycles. The molecule has 1 aliphatic carbocycles. The fraction of sp³-hybridized carbons (Fsp3) is 0.562. The fourth-order valence-corrected chi connectivity index (χ4v) is 3.43. The van der Waals surface area contributed by atoms with Crippen LogP contribution in [0.5, 0.6) is 0 Å². The third-order valence-electron chi connectivity index (χ3n) is 4.12. The van der Waals surface area contributed by atoms with Crippen molar-refractivity contribution in [2.24, 2.45) is 5.41 Å². The molecule has 1 N–H and O–H groups in total. The van der Waals surface area contributed by atoms with Gasteiger partial charge in [-0.3, -0.25) is 0 Å². The van der Waals surface area contributed by atoms with Gasteiger partial charge in [0.2, 0.25) is 0 Å². The van der Waals surface area contributed by atoms with Crippen molar-refractivity contribution >= 4 is 17.4 Å². The Morgan fingerprint density at radius 3 is 2.68 bits per heavy atom. The molecule has 0 amide bonds. The third-order valence-corrected chi connectivity index (χ3v) is 4.90. The summed E-state index contributed by atoms with van der Waals surface area (Å²) in [7, 11) is 0. The molecule has 19 heavy (non-hydrogen) atoms. The average Bonchev–Trinajstić information content (AvgIpc) is 2.45. The van der Waals surface area contributed by atoms with Crippen LogP contribution in [0.1, 0.15) is 44.6 Å². The summed E-state index contributed by atoms with van der Waals surface area (Å²) in [6, 6.07) is 8.39. The molecule has 1 aromatic carbocycles. The molecule has 0 heterocycles. The molecular weight excluding hydrogens is 252 g/mol. The Labute approximate surface area is 120 Å². The van der Waals surface area contributed by atoms with E-state index >= 15 is 0 Å².